The van der Waals surface area contributed by atoms with Crippen LogP contribution in [0.15, 0.2) is 48.5 Å². The monoisotopic (exact) mass is 438 g/mol. The molecule has 2 fully saturated rings. The molecule has 0 saturated heterocycles. The molecule has 5 rings (SSSR count). The number of hydrogen-bond donors (Lipinski definition) is 2. The van der Waals surface area contributed by atoms with Gasteiger partial charge in [-0.1, -0.05) is 53.6 Å². The molecule has 2 N–H and O–H groups in total. The maximum atomic E-state index is 5.96. The average Bonchev–Trinajstić information content (AvgIpc) is 3.10. The van der Waals surface area contributed by atoms with Gasteiger partial charge in [0.1, 0.15) is 5.82 Å². The van der Waals surface area contributed by atoms with Crippen LogP contribution in [0, 0.1) is 12.3 Å². The molecule has 156 valence electrons. The summed E-state index contributed by atoms with van der Waals surface area (Å²) in [7, 11) is 0. The van der Waals surface area contributed by atoms with E-state index < -0.39 is 0 Å². The van der Waals surface area contributed by atoms with Crippen molar-refractivity contribution in [1.29, 1.82) is 0 Å². The predicted octanol–water partition coefficient (Wildman–Crippen LogP) is 5.60. The summed E-state index contributed by atoms with van der Waals surface area (Å²) < 4.78 is 4.51. The third-order valence-electron chi connectivity index (χ3n) is 6.47. The Labute approximate surface area is 187 Å². The van der Waals surface area contributed by atoms with Crippen molar-refractivity contribution in [3.63, 3.8) is 0 Å². The number of rotatable bonds is 7. The Balaban J connectivity index is 1.04. The van der Waals surface area contributed by atoms with Crippen molar-refractivity contribution >= 4 is 28.3 Å². The molecular formula is C24H27ClN4S. The van der Waals surface area contributed by atoms with Gasteiger partial charge in [-0.2, -0.15) is 4.37 Å². The third-order valence-corrected chi connectivity index (χ3v) is 7.40. The Morgan fingerprint density at radius 2 is 1.80 bits per heavy atom. The SMILES string of the molecule is Cc1cccc(CNC2CC3(C2)CC(Nc2nc(Cc4ccc(Cl)cc4)ns2)C3)c1. The summed E-state index contributed by atoms with van der Waals surface area (Å²) in [5, 5.41) is 9.04. The third kappa shape index (κ3) is 4.53. The molecule has 0 atom stereocenters. The van der Waals surface area contributed by atoms with E-state index in [9.17, 15) is 0 Å². The number of aromatic nitrogens is 2. The summed E-state index contributed by atoms with van der Waals surface area (Å²) in [6.07, 6.45) is 5.85. The van der Waals surface area contributed by atoms with Crippen LogP contribution in [0.5, 0.6) is 0 Å². The first-order valence-corrected chi connectivity index (χ1v) is 11.8. The van der Waals surface area contributed by atoms with Crippen LogP contribution in [0.2, 0.25) is 5.02 Å². The largest absolute Gasteiger partial charge is 0.358 e. The Morgan fingerprint density at radius 3 is 2.57 bits per heavy atom. The molecule has 30 heavy (non-hydrogen) atoms. The van der Waals surface area contributed by atoms with Crippen molar-refractivity contribution in [2.45, 2.75) is 57.7 Å². The van der Waals surface area contributed by atoms with Gasteiger partial charge < -0.3 is 10.6 Å². The summed E-state index contributed by atoms with van der Waals surface area (Å²) >= 11 is 7.43. The summed E-state index contributed by atoms with van der Waals surface area (Å²) in [6.45, 7) is 3.13. The summed E-state index contributed by atoms with van der Waals surface area (Å²) in [5.41, 5.74) is 4.46. The molecule has 1 aromatic heterocycles. The fourth-order valence-electron chi connectivity index (χ4n) is 4.98. The molecule has 2 saturated carbocycles. The van der Waals surface area contributed by atoms with Crippen molar-refractivity contribution < 1.29 is 0 Å². The van der Waals surface area contributed by atoms with E-state index in [4.69, 9.17) is 11.6 Å². The molecule has 0 radical (unpaired) electrons. The van der Waals surface area contributed by atoms with Crippen LogP contribution in [-0.2, 0) is 13.0 Å². The van der Waals surface area contributed by atoms with E-state index in [1.54, 1.807) is 0 Å². The Kier molecular flexibility index (Phi) is 5.52. The minimum atomic E-state index is 0.541. The topological polar surface area (TPSA) is 49.8 Å². The highest BCUT2D eigenvalue weighted by Gasteiger charge is 2.52. The predicted molar refractivity (Wildman–Crippen MR) is 124 cm³/mol. The fourth-order valence-corrected chi connectivity index (χ4v) is 5.77. The first kappa shape index (κ1) is 20.0. The van der Waals surface area contributed by atoms with E-state index >= 15 is 0 Å². The van der Waals surface area contributed by atoms with Crippen molar-refractivity contribution in [2.24, 2.45) is 5.41 Å². The van der Waals surface area contributed by atoms with Crippen LogP contribution < -0.4 is 10.6 Å². The first-order valence-electron chi connectivity index (χ1n) is 10.7. The molecule has 4 nitrogen and oxygen atoms in total. The van der Waals surface area contributed by atoms with E-state index in [2.05, 4.69) is 51.2 Å². The number of nitrogens with zero attached hydrogens (tertiary/aromatic N) is 2. The second kappa shape index (κ2) is 8.29. The second-order valence-corrected chi connectivity index (χ2v) is 10.2. The van der Waals surface area contributed by atoms with E-state index in [-0.39, 0.29) is 0 Å². The Bertz CT molecular complexity index is 1000. The number of halogens is 1. The minimum absolute atomic E-state index is 0.541. The Hall–Kier alpha value is -1.95. The fraction of sp³-hybridized carbons (Fsp3) is 0.417. The van der Waals surface area contributed by atoms with Gasteiger partial charge in [-0.15, -0.1) is 0 Å². The number of hydrogen-bond acceptors (Lipinski definition) is 5. The lowest BCUT2D eigenvalue weighted by Crippen LogP contribution is -2.58. The lowest BCUT2D eigenvalue weighted by molar-refractivity contribution is -0.0125. The average molecular weight is 439 g/mol. The Morgan fingerprint density at radius 1 is 1.03 bits per heavy atom. The number of benzene rings is 2. The van der Waals surface area contributed by atoms with Gasteiger partial charge in [-0.3, -0.25) is 0 Å². The van der Waals surface area contributed by atoms with Crippen LogP contribution in [-0.4, -0.2) is 21.4 Å². The highest BCUT2D eigenvalue weighted by molar-refractivity contribution is 7.09. The highest BCUT2D eigenvalue weighted by atomic mass is 35.5. The molecule has 3 aromatic rings. The van der Waals surface area contributed by atoms with Gasteiger partial charge >= 0.3 is 0 Å². The van der Waals surface area contributed by atoms with Crippen molar-refractivity contribution in [3.05, 3.63) is 76.1 Å². The summed E-state index contributed by atoms with van der Waals surface area (Å²) in [5.74, 6) is 0.878. The van der Waals surface area contributed by atoms with Crippen LogP contribution in [0.4, 0.5) is 5.13 Å². The zero-order chi connectivity index (χ0) is 20.6. The van der Waals surface area contributed by atoms with Gasteiger partial charge in [-0.05, 0) is 61.3 Å². The van der Waals surface area contributed by atoms with Gasteiger partial charge in [0.15, 0.2) is 0 Å². The van der Waals surface area contributed by atoms with Crippen molar-refractivity contribution in [3.8, 4) is 0 Å². The van der Waals surface area contributed by atoms with E-state index in [0.717, 1.165) is 28.9 Å². The van der Waals surface area contributed by atoms with Crippen molar-refractivity contribution in [1.82, 2.24) is 14.7 Å². The van der Waals surface area contributed by atoms with E-state index in [0.29, 0.717) is 17.5 Å². The maximum Gasteiger partial charge on any atom is 0.202 e. The highest BCUT2D eigenvalue weighted by Crippen LogP contribution is 2.56. The van der Waals surface area contributed by atoms with Gasteiger partial charge in [-0.25, -0.2) is 4.98 Å². The van der Waals surface area contributed by atoms with E-state index in [1.165, 1.54) is 53.9 Å². The molecule has 0 unspecified atom stereocenters. The van der Waals surface area contributed by atoms with Crippen molar-refractivity contribution in [2.75, 3.05) is 5.32 Å². The molecule has 1 spiro atoms. The molecule has 2 aliphatic carbocycles. The van der Waals surface area contributed by atoms with E-state index in [1.807, 2.05) is 24.3 Å². The normalized spacial score (nSPS) is 25.0. The quantitative estimate of drug-likeness (QED) is 0.503. The van der Waals surface area contributed by atoms with Crippen LogP contribution >= 0.6 is 23.1 Å². The number of aryl methyl sites for hydroxylation is 1. The molecule has 0 amide bonds. The zero-order valence-corrected chi connectivity index (χ0v) is 18.8. The lowest BCUT2D eigenvalue weighted by atomic mass is 9.52. The molecule has 2 aliphatic rings. The maximum absolute atomic E-state index is 5.96. The summed E-state index contributed by atoms with van der Waals surface area (Å²) in [4.78, 5) is 4.68. The molecular weight excluding hydrogens is 412 g/mol. The molecule has 0 bridgehead atoms. The van der Waals surface area contributed by atoms with Crippen LogP contribution in [0.1, 0.15) is 48.2 Å². The number of anilines is 1. The molecule has 1 heterocycles. The molecule has 0 aliphatic heterocycles. The zero-order valence-electron chi connectivity index (χ0n) is 17.2. The standard InChI is InChI=1S/C24H27ClN4S/c1-16-3-2-4-18(9-16)15-26-20-11-24(12-20)13-21(14-24)27-23-28-22(29-30-23)10-17-5-7-19(25)8-6-17/h2-9,20-21,26H,10-15H2,1H3,(H,27,28,29). The van der Waals surface area contributed by atoms with Gasteiger partial charge in [0, 0.05) is 41.6 Å². The number of nitrogens with one attached hydrogen (secondary N) is 2. The van der Waals surface area contributed by atoms with Crippen LogP contribution in [0.3, 0.4) is 0 Å². The second-order valence-electron chi connectivity index (χ2n) is 9.04. The molecule has 6 heteroatoms. The summed E-state index contributed by atoms with van der Waals surface area (Å²) in [6, 6.07) is 17.9. The van der Waals surface area contributed by atoms with Gasteiger partial charge in [0.05, 0.1) is 0 Å². The van der Waals surface area contributed by atoms with Gasteiger partial charge in [0.2, 0.25) is 5.13 Å². The first-order chi connectivity index (χ1) is 14.6. The lowest BCUT2D eigenvalue weighted by Gasteiger charge is -2.58. The minimum Gasteiger partial charge on any atom is -0.358 e. The molecule has 2 aromatic carbocycles. The smallest absolute Gasteiger partial charge is 0.202 e. The van der Waals surface area contributed by atoms with Crippen LogP contribution in [0.25, 0.3) is 0 Å². The van der Waals surface area contributed by atoms with Gasteiger partial charge in [0.25, 0.3) is 0 Å².